The lowest BCUT2D eigenvalue weighted by Crippen LogP contribution is -2.60. The van der Waals surface area contributed by atoms with Gasteiger partial charge in [-0.15, -0.1) is 0 Å². The van der Waals surface area contributed by atoms with Gasteiger partial charge in [-0.05, 0) is 68.1 Å². The Morgan fingerprint density at radius 2 is 1.61 bits per heavy atom. The van der Waals surface area contributed by atoms with Crippen molar-refractivity contribution >= 4 is 17.1 Å². The van der Waals surface area contributed by atoms with Crippen molar-refractivity contribution in [1.29, 1.82) is 0 Å². The molecular formula is C26H43N5. The van der Waals surface area contributed by atoms with E-state index in [1.807, 2.05) is 12.1 Å². The predicted octanol–water partition coefficient (Wildman–Crippen LogP) is 4.12. The van der Waals surface area contributed by atoms with E-state index in [1.165, 1.54) is 61.3 Å². The Balaban J connectivity index is 0.00000341. The molecule has 3 rings (SSSR count). The molecule has 5 heteroatoms. The van der Waals surface area contributed by atoms with Gasteiger partial charge in [-0.3, -0.25) is 4.90 Å². The van der Waals surface area contributed by atoms with E-state index < -0.39 is 0 Å². The fraction of sp³-hybridized carbons (Fsp3) is 0.500. The molecule has 31 heavy (non-hydrogen) atoms. The third-order valence-corrected chi connectivity index (χ3v) is 6.91. The molecule has 2 aromatic rings. The maximum absolute atomic E-state index is 5.95. The lowest BCUT2D eigenvalue weighted by atomic mass is 10.0. The van der Waals surface area contributed by atoms with Crippen molar-refractivity contribution in [2.75, 3.05) is 69.1 Å². The second kappa shape index (κ2) is 11.4. The zero-order valence-corrected chi connectivity index (χ0v) is 20.1. The van der Waals surface area contributed by atoms with E-state index in [9.17, 15) is 0 Å². The molecule has 1 aliphatic heterocycles. The van der Waals surface area contributed by atoms with Crippen LogP contribution < -0.4 is 16.8 Å². The molecule has 0 spiro atoms. The first kappa shape index (κ1) is 25.0. The highest BCUT2D eigenvalue weighted by Crippen LogP contribution is 2.19. The van der Waals surface area contributed by atoms with Crippen LogP contribution in [0.5, 0.6) is 0 Å². The maximum Gasteiger partial charge on any atom is 0.0916 e. The highest BCUT2D eigenvalue weighted by atomic mass is 15.4. The number of nitrogens with two attached hydrogens (primary N) is 2. The summed E-state index contributed by atoms with van der Waals surface area (Å²) in [7, 11) is 0. The van der Waals surface area contributed by atoms with Gasteiger partial charge >= 0.3 is 0 Å². The second-order valence-corrected chi connectivity index (χ2v) is 8.96. The Kier molecular flexibility index (Phi) is 9.20. The molecule has 5 N–H and O–H groups in total. The molecule has 0 unspecified atom stereocenters. The SMILES string of the molecule is CC[N+]1(CCCc2ccc(N)c(C)c2)CCN(CCNc2ccc(N)c(C)c2)CC1.[CH3-]. The number of aryl methyl sites for hydroxylation is 3. The van der Waals surface area contributed by atoms with E-state index in [-0.39, 0.29) is 7.43 Å². The van der Waals surface area contributed by atoms with Gasteiger partial charge in [-0.1, -0.05) is 12.1 Å². The number of benzene rings is 2. The van der Waals surface area contributed by atoms with Gasteiger partial charge < -0.3 is 28.7 Å². The van der Waals surface area contributed by atoms with Crippen LogP contribution in [0.15, 0.2) is 36.4 Å². The Morgan fingerprint density at radius 3 is 2.23 bits per heavy atom. The highest BCUT2D eigenvalue weighted by molar-refractivity contribution is 5.56. The molecule has 1 heterocycles. The molecule has 0 aromatic heterocycles. The van der Waals surface area contributed by atoms with Gasteiger partial charge in [0.05, 0.1) is 26.2 Å². The standard InChI is InChI=1S/C25H40N5.CH3/c1-4-30(15-5-6-22-7-9-24(26)20(2)18-22)16-13-29(14-17-30)12-11-28-23-8-10-25(27)21(3)19-23;/h7-10,18-19,28H,4-6,11-17,26-27H2,1-3H3;1H3/q+1;-1. The minimum Gasteiger partial charge on any atom is -0.399 e. The van der Waals surface area contributed by atoms with Crippen LogP contribution in [-0.4, -0.2) is 61.7 Å². The predicted molar refractivity (Wildman–Crippen MR) is 136 cm³/mol. The summed E-state index contributed by atoms with van der Waals surface area (Å²) >= 11 is 0. The van der Waals surface area contributed by atoms with Crippen LogP contribution in [0.3, 0.4) is 0 Å². The van der Waals surface area contributed by atoms with Crippen molar-refractivity contribution in [3.63, 3.8) is 0 Å². The fourth-order valence-electron chi connectivity index (χ4n) is 4.51. The van der Waals surface area contributed by atoms with E-state index in [1.54, 1.807) is 0 Å². The molecule has 5 nitrogen and oxygen atoms in total. The summed E-state index contributed by atoms with van der Waals surface area (Å²) in [5.74, 6) is 0. The largest absolute Gasteiger partial charge is 0.399 e. The molecule has 1 aliphatic rings. The number of nitrogen functional groups attached to an aromatic ring is 2. The van der Waals surface area contributed by atoms with Gasteiger partial charge in [0.2, 0.25) is 0 Å². The second-order valence-electron chi connectivity index (χ2n) is 8.96. The summed E-state index contributed by atoms with van der Waals surface area (Å²) in [6.45, 7) is 16.0. The maximum atomic E-state index is 5.95. The topological polar surface area (TPSA) is 67.3 Å². The number of piperazine rings is 1. The minimum absolute atomic E-state index is 0. The van der Waals surface area contributed by atoms with Gasteiger partial charge in [-0.25, -0.2) is 0 Å². The zero-order valence-electron chi connectivity index (χ0n) is 20.1. The smallest absolute Gasteiger partial charge is 0.0916 e. The van der Waals surface area contributed by atoms with Crippen LogP contribution in [0.2, 0.25) is 0 Å². The van der Waals surface area contributed by atoms with Crippen molar-refractivity contribution in [3.8, 4) is 0 Å². The molecule has 1 fully saturated rings. The van der Waals surface area contributed by atoms with E-state index in [0.717, 1.165) is 42.1 Å². The van der Waals surface area contributed by atoms with Crippen molar-refractivity contribution in [1.82, 2.24) is 4.90 Å². The lowest BCUT2D eigenvalue weighted by molar-refractivity contribution is -0.930. The average molecular weight is 426 g/mol. The Bertz CT molecular complexity index is 825. The molecule has 0 saturated carbocycles. The zero-order chi connectivity index (χ0) is 21.6. The van der Waals surface area contributed by atoms with Crippen molar-refractivity contribution in [2.45, 2.75) is 33.6 Å². The number of anilines is 3. The molecular weight excluding hydrogens is 382 g/mol. The first-order valence-corrected chi connectivity index (χ1v) is 11.4. The Labute approximate surface area is 190 Å². The summed E-state index contributed by atoms with van der Waals surface area (Å²) in [5.41, 5.74) is 18.5. The van der Waals surface area contributed by atoms with Crippen LogP contribution in [0.4, 0.5) is 17.1 Å². The quantitative estimate of drug-likeness (QED) is 0.321. The molecule has 172 valence electrons. The average Bonchev–Trinajstić information content (AvgIpc) is 2.74. The number of likely N-dealkylation sites (N-methyl/N-ethyl adjacent to an activating group) is 1. The van der Waals surface area contributed by atoms with Gasteiger partial charge in [0.1, 0.15) is 0 Å². The molecule has 0 bridgehead atoms. The number of quaternary nitrogens is 1. The van der Waals surface area contributed by atoms with Crippen LogP contribution >= 0.6 is 0 Å². The molecule has 0 atom stereocenters. The number of rotatable bonds is 9. The number of nitrogens with one attached hydrogen (secondary N) is 1. The number of hydrogen-bond donors (Lipinski definition) is 3. The van der Waals surface area contributed by atoms with Crippen molar-refractivity contribution in [3.05, 3.63) is 60.5 Å². The van der Waals surface area contributed by atoms with Crippen LogP contribution in [0, 0.1) is 21.3 Å². The minimum atomic E-state index is 0. The Morgan fingerprint density at radius 1 is 0.968 bits per heavy atom. The summed E-state index contributed by atoms with van der Waals surface area (Å²) in [5, 5.41) is 3.54. The molecule has 1 saturated heterocycles. The fourth-order valence-corrected chi connectivity index (χ4v) is 4.51. The summed E-state index contributed by atoms with van der Waals surface area (Å²) in [6, 6.07) is 12.7. The van der Waals surface area contributed by atoms with Crippen LogP contribution in [0.1, 0.15) is 30.0 Å². The van der Waals surface area contributed by atoms with E-state index in [2.05, 4.69) is 55.3 Å². The summed E-state index contributed by atoms with van der Waals surface area (Å²) in [6.07, 6.45) is 2.39. The molecule has 0 radical (unpaired) electrons. The van der Waals surface area contributed by atoms with Crippen LogP contribution in [0.25, 0.3) is 0 Å². The van der Waals surface area contributed by atoms with E-state index in [0.29, 0.717) is 0 Å². The van der Waals surface area contributed by atoms with Crippen molar-refractivity contribution in [2.24, 2.45) is 0 Å². The van der Waals surface area contributed by atoms with E-state index in [4.69, 9.17) is 11.5 Å². The monoisotopic (exact) mass is 425 g/mol. The first-order valence-electron chi connectivity index (χ1n) is 11.4. The molecule has 2 aromatic carbocycles. The molecule has 0 amide bonds. The van der Waals surface area contributed by atoms with Gasteiger partial charge in [-0.2, -0.15) is 0 Å². The summed E-state index contributed by atoms with van der Waals surface area (Å²) in [4.78, 5) is 2.60. The Hall–Kier alpha value is -2.24. The third kappa shape index (κ3) is 6.88. The number of hydrogen-bond acceptors (Lipinski definition) is 4. The van der Waals surface area contributed by atoms with Crippen LogP contribution in [-0.2, 0) is 6.42 Å². The third-order valence-electron chi connectivity index (χ3n) is 6.91. The van der Waals surface area contributed by atoms with Gasteiger partial charge in [0.15, 0.2) is 0 Å². The van der Waals surface area contributed by atoms with Gasteiger partial charge in [0, 0.05) is 49.7 Å². The first-order chi connectivity index (χ1) is 14.4. The molecule has 0 aliphatic carbocycles. The normalized spacial score (nSPS) is 16.0. The summed E-state index contributed by atoms with van der Waals surface area (Å²) < 4.78 is 1.26. The number of nitrogens with zero attached hydrogens (tertiary/aromatic N) is 2. The van der Waals surface area contributed by atoms with Gasteiger partial charge in [0.25, 0.3) is 0 Å². The van der Waals surface area contributed by atoms with E-state index >= 15 is 0 Å². The highest BCUT2D eigenvalue weighted by Gasteiger charge is 2.30. The lowest BCUT2D eigenvalue weighted by Gasteiger charge is -2.44. The van der Waals surface area contributed by atoms with Crippen molar-refractivity contribution < 1.29 is 4.48 Å².